The highest BCUT2D eigenvalue weighted by molar-refractivity contribution is 5.55. The van der Waals surface area contributed by atoms with Crippen LogP contribution in [0.1, 0.15) is 61.3 Å². The fourth-order valence-corrected chi connectivity index (χ4v) is 5.51. The second-order valence-electron chi connectivity index (χ2n) is 10.0. The molecule has 2 aliphatic rings. The van der Waals surface area contributed by atoms with E-state index in [1.54, 1.807) is 0 Å². The molecule has 31 heavy (non-hydrogen) atoms. The van der Waals surface area contributed by atoms with Gasteiger partial charge >= 0.3 is 0 Å². The van der Waals surface area contributed by atoms with Crippen molar-refractivity contribution in [2.75, 3.05) is 20.6 Å². The minimum atomic E-state index is -0.346. The predicted molar refractivity (Wildman–Crippen MR) is 129 cm³/mol. The summed E-state index contributed by atoms with van der Waals surface area (Å²) in [6.07, 6.45) is 6.25. The molecule has 4 rings (SSSR count). The van der Waals surface area contributed by atoms with E-state index >= 15 is 0 Å². The van der Waals surface area contributed by atoms with Crippen LogP contribution in [-0.2, 0) is 6.42 Å². The number of ether oxygens (including phenoxy) is 1. The maximum absolute atomic E-state index is 10.9. The zero-order valence-electron chi connectivity index (χ0n) is 19.5. The van der Waals surface area contributed by atoms with Crippen LogP contribution < -0.4 is 4.74 Å². The molecule has 0 unspecified atom stereocenters. The van der Waals surface area contributed by atoms with Crippen molar-refractivity contribution >= 4 is 6.08 Å². The highest BCUT2D eigenvalue weighted by Crippen LogP contribution is 2.56. The number of hydrogen-bond donors (Lipinski definition) is 1. The van der Waals surface area contributed by atoms with Gasteiger partial charge in [-0.1, -0.05) is 42.5 Å². The molecule has 0 fully saturated rings. The summed E-state index contributed by atoms with van der Waals surface area (Å²) < 4.78 is 6.57. The summed E-state index contributed by atoms with van der Waals surface area (Å²) in [5, 5.41) is 10.9. The van der Waals surface area contributed by atoms with E-state index in [4.69, 9.17) is 4.74 Å². The summed E-state index contributed by atoms with van der Waals surface area (Å²) in [6.45, 7) is 11.6. The van der Waals surface area contributed by atoms with E-state index in [1.165, 1.54) is 16.7 Å². The first-order chi connectivity index (χ1) is 14.7. The second-order valence-corrected chi connectivity index (χ2v) is 10.0. The Kier molecular flexibility index (Phi) is 5.74. The molecule has 2 aromatic rings. The van der Waals surface area contributed by atoms with Gasteiger partial charge < -0.3 is 14.7 Å². The van der Waals surface area contributed by atoms with E-state index < -0.39 is 0 Å². The number of aromatic hydroxyl groups is 1. The molecule has 3 heteroatoms. The summed E-state index contributed by atoms with van der Waals surface area (Å²) in [5.74, 6) is 2.05. The van der Waals surface area contributed by atoms with Gasteiger partial charge in [-0.05, 0) is 88.5 Å². The Labute approximate surface area is 187 Å². The number of likely N-dealkylation sites (N-methyl/N-ethyl adjacent to an activating group) is 1. The van der Waals surface area contributed by atoms with Crippen molar-refractivity contribution < 1.29 is 9.84 Å². The molecular weight excluding hydrogens is 382 g/mol. The number of phenolic OH excluding ortho intramolecular Hbond substituents is 1. The molecule has 0 aromatic heterocycles. The first-order valence-electron chi connectivity index (χ1n) is 11.3. The van der Waals surface area contributed by atoms with Crippen LogP contribution in [0, 0.1) is 5.92 Å². The second kappa shape index (κ2) is 8.20. The van der Waals surface area contributed by atoms with E-state index in [-0.39, 0.29) is 17.4 Å². The number of hydrogen-bond acceptors (Lipinski definition) is 3. The van der Waals surface area contributed by atoms with Gasteiger partial charge in [0.25, 0.3) is 0 Å². The molecule has 0 saturated heterocycles. The first kappa shape index (κ1) is 21.7. The Balaban J connectivity index is 1.80. The van der Waals surface area contributed by atoms with Gasteiger partial charge in [-0.25, -0.2) is 0 Å². The normalized spacial score (nSPS) is 24.1. The topological polar surface area (TPSA) is 32.7 Å². The van der Waals surface area contributed by atoms with Crippen LogP contribution in [-0.4, -0.2) is 36.2 Å². The van der Waals surface area contributed by atoms with Crippen LogP contribution >= 0.6 is 0 Å². The molecule has 3 nitrogen and oxygen atoms in total. The maximum atomic E-state index is 10.9. The molecule has 0 saturated carbocycles. The lowest BCUT2D eigenvalue weighted by Gasteiger charge is -2.50. The fraction of sp³-hybridized carbons (Fsp3) is 0.429. The molecule has 0 spiro atoms. The number of benzene rings is 2. The number of fused-ring (bicyclic) bond motifs is 3. The quantitative estimate of drug-likeness (QED) is 0.593. The largest absolute Gasteiger partial charge is 0.508 e. The van der Waals surface area contributed by atoms with Gasteiger partial charge in [0, 0.05) is 23.9 Å². The highest BCUT2D eigenvalue weighted by atomic mass is 16.5. The van der Waals surface area contributed by atoms with Gasteiger partial charge in [-0.15, -0.1) is 0 Å². The summed E-state index contributed by atoms with van der Waals surface area (Å²) in [6, 6.07) is 12.5. The monoisotopic (exact) mass is 417 g/mol. The first-order valence-corrected chi connectivity index (χ1v) is 11.3. The number of nitrogens with zero attached hydrogens (tertiary/aromatic N) is 1. The van der Waals surface area contributed by atoms with Crippen molar-refractivity contribution in [1.29, 1.82) is 0 Å². The minimum absolute atomic E-state index is 0.105. The lowest BCUT2D eigenvalue weighted by atomic mass is 9.61. The Bertz CT molecular complexity index is 1020. The van der Waals surface area contributed by atoms with Crippen molar-refractivity contribution in [3.05, 3.63) is 76.9 Å². The minimum Gasteiger partial charge on any atom is -0.508 e. The molecule has 1 heterocycles. The number of rotatable bonds is 5. The summed E-state index contributed by atoms with van der Waals surface area (Å²) in [7, 11) is 4.19. The third-order valence-electron chi connectivity index (χ3n) is 6.97. The lowest BCUT2D eigenvalue weighted by molar-refractivity contribution is -0.000459. The van der Waals surface area contributed by atoms with E-state index in [9.17, 15) is 5.11 Å². The molecule has 1 aliphatic carbocycles. The molecule has 0 bridgehead atoms. The van der Waals surface area contributed by atoms with Crippen LogP contribution in [0.5, 0.6) is 11.5 Å². The van der Waals surface area contributed by atoms with Crippen LogP contribution in [0.15, 0.2) is 54.6 Å². The SMILES string of the molecule is C=Cc1ccc2c(c1)[C@@H]1CC(C)=C[C@@H](c3cc(CCN(C)C)ccc3O)[C@H]1C(C)(C)O2. The van der Waals surface area contributed by atoms with E-state index in [1.807, 2.05) is 18.2 Å². The van der Waals surface area contributed by atoms with E-state index in [2.05, 4.69) is 76.7 Å². The Morgan fingerprint density at radius 2 is 1.94 bits per heavy atom. The van der Waals surface area contributed by atoms with E-state index in [0.29, 0.717) is 11.7 Å². The van der Waals surface area contributed by atoms with Gasteiger partial charge in [0.2, 0.25) is 0 Å². The van der Waals surface area contributed by atoms with Crippen LogP contribution in [0.2, 0.25) is 0 Å². The third kappa shape index (κ3) is 4.16. The zero-order valence-corrected chi connectivity index (χ0v) is 19.5. The standard InChI is InChI=1S/C28H35NO2/c1-7-19-9-11-26-22(16-19)24-15-18(2)14-23(27(24)28(3,4)31-26)21-17-20(8-10-25(21)30)12-13-29(5)6/h7-11,14,16-17,23-24,27,30H,1,12-13,15H2,2-6H3/t23-,24-,27+/m0/s1. The zero-order chi connectivity index (χ0) is 22.3. The molecule has 2 aromatic carbocycles. The number of phenols is 1. The van der Waals surface area contributed by atoms with Crippen LogP contribution in [0.3, 0.4) is 0 Å². The molecule has 164 valence electrons. The Hall–Kier alpha value is -2.52. The summed E-state index contributed by atoms with van der Waals surface area (Å²) in [4.78, 5) is 2.19. The van der Waals surface area contributed by atoms with Crippen molar-refractivity contribution in [1.82, 2.24) is 4.90 Å². The van der Waals surface area contributed by atoms with Gasteiger partial charge in [-0.3, -0.25) is 0 Å². The highest BCUT2D eigenvalue weighted by Gasteiger charge is 2.49. The molecule has 1 aliphatic heterocycles. The van der Waals surface area contributed by atoms with Gasteiger partial charge in [0.1, 0.15) is 17.1 Å². The van der Waals surface area contributed by atoms with Gasteiger partial charge in [0.05, 0.1) is 0 Å². The molecule has 1 N–H and O–H groups in total. The lowest BCUT2D eigenvalue weighted by Crippen LogP contribution is -2.48. The Morgan fingerprint density at radius 3 is 2.65 bits per heavy atom. The molecule has 0 radical (unpaired) electrons. The van der Waals surface area contributed by atoms with Crippen molar-refractivity contribution in [2.45, 2.75) is 51.0 Å². The number of allylic oxidation sites excluding steroid dienone is 2. The fourth-order valence-electron chi connectivity index (χ4n) is 5.51. The van der Waals surface area contributed by atoms with E-state index in [0.717, 1.165) is 36.3 Å². The van der Waals surface area contributed by atoms with Crippen molar-refractivity contribution in [2.24, 2.45) is 5.92 Å². The van der Waals surface area contributed by atoms with Gasteiger partial charge in [-0.2, -0.15) is 0 Å². The average molecular weight is 418 g/mol. The van der Waals surface area contributed by atoms with Crippen molar-refractivity contribution in [3.63, 3.8) is 0 Å². The molecular formula is C28H35NO2. The van der Waals surface area contributed by atoms with Gasteiger partial charge in [0.15, 0.2) is 0 Å². The molecule has 3 atom stereocenters. The Morgan fingerprint density at radius 1 is 1.16 bits per heavy atom. The predicted octanol–water partition coefficient (Wildman–Crippen LogP) is 6.14. The van der Waals surface area contributed by atoms with Crippen LogP contribution in [0.4, 0.5) is 0 Å². The average Bonchev–Trinajstić information content (AvgIpc) is 2.71. The molecule has 0 amide bonds. The smallest absolute Gasteiger partial charge is 0.123 e. The summed E-state index contributed by atoms with van der Waals surface area (Å²) in [5.41, 5.74) is 5.70. The third-order valence-corrected chi connectivity index (χ3v) is 6.97. The van der Waals surface area contributed by atoms with Crippen molar-refractivity contribution in [3.8, 4) is 11.5 Å². The summed E-state index contributed by atoms with van der Waals surface area (Å²) >= 11 is 0. The maximum Gasteiger partial charge on any atom is 0.123 e. The van der Waals surface area contributed by atoms with Crippen LogP contribution in [0.25, 0.3) is 6.08 Å².